The van der Waals surface area contributed by atoms with Gasteiger partial charge in [0.15, 0.2) is 6.29 Å². The lowest BCUT2D eigenvalue weighted by Crippen LogP contribution is -2.52. The summed E-state index contributed by atoms with van der Waals surface area (Å²) >= 11 is 0. The number of fused-ring (bicyclic) bond motifs is 1. The molecule has 8 heteroatoms. The van der Waals surface area contributed by atoms with Gasteiger partial charge < -0.3 is 20.3 Å². The third-order valence-electron chi connectivity index (χ3n) is 5.78. The monoisotopic (exact) mass is 442 g/mol. The van der Waals surface area contributed by atoms with Crippen molar-refractivity contribution in [3.8, 4) is 0 Å². The lowest BCUT2D eigenvalue weighted by atomic mass is 9.82. The maximum atomic E-state index is 12.5. The molecular weight excluding hydrogens is 408 g/mol. The van der Waals surface area contributed by atoms with Gasteiger partial charge in [-0.2, -0.15) is 0 Å². The minimum Gasteiger partial charge on any atom is -0.389 e. The second kappa shape index (κ2) is 8.65. The van der Waals surface area contributed by atoms with Crippen LogP contribution in [0.3, 0.4) is 0 Å². The number of imidazole rings is 1. The van der Waals surface area contributed by atoms with Gasteiger partial charge in [0.25, 0.3) is 0 Å². The van der Waals surface area contributed by atoms with Crippen molar-refractivity contribution in [2.45, 2.75) is 65.5 Å². The molecule has 2 amide bonds. The number of aliphatic hydroxyl groups is 1. The zero-order valence-corrected chi connectivity index (χ0v) is 19.6. The van der Waals surface area contributed by atoms with Crippen LogP contribution in [0.4, 0.5) is 4.79 Å². The van der Waals surface area contributed by atoms with E-state index in [1.165, 1.54) is 4.90 Å². The van der Waals surface area contributed by atoms with E-state index in [0.29, 0.717) is 32.3 Å². The van der Waals surface area contributed by atoms with Crippen LogP contribution in [0.2, 0.25) is 0 Å². The van der Waals surface area contributed by atoms with Crippen molar-refractivity contribution in [1.82, 2.24) is 14.5 Å². The van der Waals surface area contributed by atoms with E-state index in [-0.39, 0.29) is 11.3 Å². The van der Waals surface area contributed by atoms with Crippen molar-refractivity contribution in [3.05, 3.63) is 29.6 Å². The zero-order valence-electron chi connectivity index (χ0n) is 19.6. The minimum atomic E-state index is -0.911. The molecule has 3 rings (SSSR count). The fourth-order valence-electron chi connectivity index (χ4n) is 4.32. The average Bonchev–Trinajstić information content (AvgIpc) is 2.92. The number of rotatable bonds is 8. The number of amides is 2. The van der Waals surface area contributed by atoms with Gasteiger partial charge in [-0.1, -0.05) is 26.8 Å². The van der Waals surface area contributed by atoms with E-state index in [1.54, 1.807) is 13.8 Å². The Balaban J connectivity index is 1.96. The number of nitrogens with zero attached hydrogens (tertiary/aromatic N) is 3. The third kappa shape index (κ3) is 5.54. The van der Waals surface area contributed by atoms with Gasteiger partial charge in [-0.15, -0.1) is 0 Å². The van der Waals surface area contributed by atoms with Gasteiger partial charge in [-0.3, -0.25) is 9.59 Å². The Bertz CT molecular complexity index is 1020. The summed E-state index contributed by atoms with van der Waals surface area (Å²) in [5, 5.41) is 10.4. The van der Waals surface area contributed by atoms with Gasteiger partial charge in [0.05, 0.1) is 29.1 Å². The molecule has 1 fully saturated rings. The smallest absolute Gasteiger partial charge is 0.314 e. The number of ketones is 1. The number of carbonyl (C=O) groups is 3. The van der Waals surface area contributed by atoms with E-state index in [1.807, 2.05) is 22.8 Å². The summed E-state index contributed by atoms with van der Waals surface area (Å²) in [6, 6.07) is 5.18. The van der Waals surface area contributed by atoms with Gasteiger partial charge >= 0.3 is 6.03 Å². The molecule has 1 atom stereocenters. The van der Waals surface area contributed by atoms with Gasteiger partial charge in [-0.25, -0.2) is 9.78 Å². The van der Waals surface area contributed by atoms with Gasteiger partial charge in [0, 0.05) is 19.5 Å². The second-order valence-electron chi connectivity index (χ2n) is 10.8. The highest BCUT2D eigenvalue weighted by Gasteiger charge is 2.34. The highest BCUT2D eigenvalue weighted by atomic mass is 16.3. The van der Waals surface area contributed by atoms with Crippen molar-refractivity contribution in [3.63, 3.8) is 0 Å². The molecule has 1 saturated heterocycles. The van der Waals surface area contributed by atoms with Crippen LogP contribution in [0, 0.1) is 11.3 Å². The highest BCUT2D eigenvalue weighted by Crippen LogP contribution is 2.32. The molecule has 2 heterocycles. The molecule has 0 unspecified atom stereocenters. The normalized spacial score (nSPS) is 16.1. The van der Waals surface area contributed by atoms with Gasteiger partial charge in [0.2, 0.25) is 5.78 Å². The highest BCUT2D eigenvalue weighted by molar-refractivity contribution is 6.27. The molecule has 0 saturated carbocycles. The van der Waals surface area contributed by atoms with E-state index in [0.717, 1.165) is 28.8 Å². The summed E-state index contributed by atoms with van der Waals surface area (Å²) in [5.74, 6) is -0.0624. The first-order valence-corrected chi connectivity index (χ1v) is 11.0. The van der Waals surface area contributed by atoms with Crippen molar-refractivity contribution in [2.24, 2.45) is 17.1 Å². The number of nitrogens with two attached hydrogens (primary N) is 1. The number of benzene rings is 1. The Morgan fingerprint density at radius 2 is 1.91 bits per heavy atom. The van der Waals surface area contributed by atoms with E-state index in [4.69, 9.17) is 10.7 Å². The fraction of sp³-hybridized carbons (Fsp3) is 0.583. The van der Waals surface area contributed by atoms with Crippen LogP contribution in [0.1, 0.15) is 58.3 Å². The van der Waals surface area contributed by atoms with E-state index in [9.17, 15) is 19.5 Å². The average molecular weight is 443 g/mol. The number of likely N-dealkylation sites (tertiary alicyclic amines) is 1. The molecule has 8 nitrogen and oxygen atoms in total. The van der Waals surface area contributed by atoms with Crippen molar-refractivity contribution < 1.29 is 19.5 Å². The molecule has 3 N–H and O–H groups in total. The summed E-state index contributed by atoms with van der Waals surface area (Å²) < 4.78 is 2.04. The molecule has 0 aliphatic carbocycles. The Morgan fingerprint density at radius 1 is 1.25 bits per heavy atom. The predicted molar refractivity (Wildman–Crippen MR) is 122 cm³/mol. The summed E-state index contributed by atoms with van der Waals surface area (Å²) in [6.45, 7) is 11.3. The molecule has 32 heavy (non-hydrogen) atoms. The summed E-state index contributed by atoms with van der Waals surface area (Å²) in [5.41, 5.74) is 6.75. The maximum Gasteiger partial charge on any atom is 0.314 e. The predicted octanol–water partition coefficient (Wildman–Crippen LogP) is 2.65. The SMILES string of the molecule is CC(C)(C)Cc1nc2cc([C@H](CC3CN(C(N)=O)C3)C(=O)C=O)ccc2n1CC(C)(C)O. The largest absolute Gasteiger partial charge is 0.389 e. The number of aromatic nitrogens is 2. The topological polar surface area (TPSA) is 119 Å². The molecule has 1 aromatic carbocycles. The standard InChI is InChI=1S/C24H34N4O4/c1-23(2,3)10-21-26-18-9-16(6-7-19(18)28(21)14-24(4,5)32)17(20(30)13-29)8-15-11-27(12-15)22(25)31/h6-7,9,13,15,17,32H,8,10-12,14H2,1-5H3,(H2,25,31)/t17-/m0/s1. The van der Waals surface area contributed by atoms with Crippen LogP contribution in [0.5, 0.6) is 0 Å². The molecule has 2 aromatic rings. The molecule has 1 aliphatic heterocycles. The first kappa shape index (κ1) is 23.9. The van der Waals surface area contributed by atoms with E-state index in [2.05, 4.69) is 20.8 Å². The van der Waals surface area contributed by atoms with Gasteiger partial charge in [0.1, 0.15) is 5.82 Å². The molecular formula is C24H34N4O4. The van der Waals surface area contributed by atoms with Crippen LogP contribution >= 0.6 is 0 Å². The number of hydrogen-bond donors (Lipinski definition) is 2. The fourth-order valence-corrected chi connectivity index (χ4v) is 4.32. The lowest BCUT2D eigenvalue weighted by Gasteiger charge is -2.39. The van der Waals surface area contributed by atoms with Crippen LogP contribution in [0.15, 0.2) is 18.2 Å². The molecule has 174 valence electrons. The molecule has 0 spiro atoms. The minimum absolute atomic E-state index is 0.00803. The Morgan fingerprint density at radius 3 is 2.44 bits per heavy atom. The Hall–Kier alpha value is -2.74. The van der Waals surface area contributed by atoms with Crippen molar-refractivity contribution in [2.75, 3.05) is 13.1 Å². The van der Waals surface area contributed by atoms with Crippen LogP contribution in [-0.2, 0) is 22.6 Å². The number of hydrogen-bond acceptors (Lipinski definition) is 5. The second-order valence-corrected chi connectivity index (χ2v) is 10.8. The summed E-state index contributed by atoms with van der Waals surface area (Å²) in [4.78, 5) is 41.4. The third-order valence-corrected chi connectivity index (χ3v) is 5.78. The first-order chi connectivity index (χ1) is 14.8. The first-order valence-electron chi connectivity index (χ1n) is 11.0. The van der Waals surface area contributed by atoms with Crippen molar-refractivity contribution in [1.29, 1.82) is 0 Å². The number of primary amides is 1. The maximum absolute atomic E-state index is 12.5. The number of Topliss-reactive ketones (excluding diaryl/α,β-unsaturated/α-hetero) is 1. The van der Waals surface area contributed by atoms with Crippen molar-refractivity contribution >= 4 is 29.1 Å². The molecule has 0 radical (unpaired) electrons. The summed E-state index contributed by atoms with van der Waals surface area (Å²) in [7, 11) is 0. The number of aldehydes is 1. The summed E-state index contributed by atoms with van der Waals surface area (Å²) in [6.07, 6.45) is 1.58. The molecule has 0 bridgehead atoms. The van der Waals surface area contributed by atoms with Gasteiger partial charge in [-0.05, 0) is 49.3 Å². The zero-order chi connectivity index (χ0) is 23.8. The lowest BCUT2D eigenvalue weighted by molar-refractivity contribution is -0.131. The van der Waals surface area contributed by atoms with Crippen LogP contribution < -0.4 is 5.73 Å². The van der Waals surface area contributed by atoms with E-state index >= 15 is 0 Å². The molecule has 1 aliphatic rings. The van der Waals surface area contributed by atoms with E-state index < -0.39 is 23.3 Å². The molecule has 1 aromatic heterocycles. The Kier molecular flexibility index (Phi) is 6.47. The number of carbonyl (C=O) groups excluding carboxylic acids is 3. The van der Waals surface area contributed by atoms with Crippen LogP contribution in [0.25, 0.3) is 11.0 Å². The van der Waals surface area contributed by atoms with Crippen LogP contribution in [-0.4, -0.2) is 56.3 Å². The number of urea groups is 1. The quantitative estimate of drug-likeness (QED) is 0.481. The Labute approximate surface area is 188 Å².